The molecule has 1 aromatic carbocycles. The van der Waals surface area contributed by atoms with Gasteiger partial charge in [-0.1, -0.05) is 23.7 Å². The van der Waals surface area contributed by atoms with Crippen LogP contribution in [0.3, 0.4) is 0 Å². The van der Waals surface area contributed by atoms with Gasteiger partial charge in [0.1, 0.15) is 6.04 Å². The molecule has 1 N–H and O–H groups in total. The van der Waals surface area contributed by atoms with E-state index in [0.29, 0.717) is 30.5 Å². The lowest BCUT2D eigenvalue weighted by molar-refractivity contribution is -0.134. The maximum absolute atomic E-state index is 12.5. The van der Waals surface area contributed by atoms with Crippen LogP contribution in [-0.4, -0.2) is 29.3 Å². The molecule has 0 bridgehead atoms. The summed E-state index contributed by atoms with van der Waals surface area (Å²) in [7, 11) is 0. The van der Waals surface area contributed by atoms with Gasteiger partial charge in [-0.2, -0.15) is 0 Å². The van der Waals surface area contributed by atoms with Crippen LogP contribution >= 0.6 is 11.6 Å². The van der Waals surface area contributed by atoms with E-state index in [-0.39, 0.29) is 17.9 Å². The lowest BCUT2D eigenvalue weighted by Crippen LogP contribution is -2.45. The number of hydrogen-bond acceptors (Lipinski definition) is 2. The molecule has 1 atom stereocenters. The molecule has 1 unspecified atom stereocenters. The number of halogens is 1. The monoisotopic (exact) mass is 292 g/mol. The Morgan fingerprint density at radius 2 is 1.90 bits per heavy atom. The molecule has 1 aliphatic carbocycles. The van der Waals surface area contributed by atoms with E-state index in [1.54, 1.807) is 4.90 Å². The molecule has 0 radical (unpaired) electrons. The number of nitrogens with one attached hydrogen (secondary N) is 1. The van der Waals surface area contributed by atoms with E-state index in [2.05, 4.69) is 5.32 Å². The molecule has 1 saturated carbocycles. The van der Waals surface area contributed by atoms with E-state index < -0.39 is 0 Å². The third kappa shape index (κ3) is 2.96. The largest absolute Gasteiger partial charge is 0.344 e. The van der Waals surface area contributed by atoms with Gasteiger partial charge in [-0.25, -0.2) is 0 Å². The first-order valence-electron chi connectivity index (χ1n) is 6.96. The van der Waals surface area contributed by atoms with E-state index in [4.69, 9.17) is 11.6 Å². The normalized spacial score (nSPS) is 23.4. The van der Waals surface area contributed by atoms with Crippen molar-refractivity contribution in [1.82, 2.24) is 10.2 Å². The number of hydrogen-bond donors (Lipinski definition) is 1. The Hall–Kier alpha value is -1.55. The van der Waals surface area contributed by atoms with Crippen molar-refractivity contribution < 1.29 is 9.59 Å². The van der Waals surface area contributed by atoms with Gasteiger partial charge in [0.05, 0.1) is 0 Å². The van der Waals surface area contributed by atoms with E-state index in [0.717, 1.165) is 18.4 Å². The predicted octanol–water partition coefficient (Wildman–Crippen LogP) is 1.97. The topological polar surface area (TPSA) is 49.4 Å². The molecule has 1 aliphatic heterocycles. The van der Waals surface area contributed by atoms with Crippen LogP contribution in [0.15, 0.2) is 24.3 Å². The summed E-state index contributed by atoms with van der Waals surface area (Å²) in [6.07, 6.45) is 2.44. The van der Waals surface area contributed by atoms with E-state index >= 15 is 0 Å². The summed E-state index contributed by atoms with van der Waals surface area (Å²) < 4.78 is 0. The minimum atomic E-state index is -0.322. The van der Waals surface area contributed by atoms with Crippen LogP contribution in [0.2, 0.25) is 5.02 Å². The van der Waals surface area contributed by atoms with Gasteiger partial charge in [0.15, 0.2) is 0 Å². The number of carbonyl (C=O) groups excluding carboxylic acids is 2. The average Bonchev–Trinajstić information content (AvgIpc) is 3.26. The Labute approximate surface area is 123 Å². The van der Waals surface area contributed by atoms with Crippen molar-refractivity contribution in [2.45, 2.75) is 31.8 Å². The van der Waals surface area contributed by atoms with Crippen molar-refractivity contribution in [3.63, 3.8) is 0 Å². The van der Waals surface area contributed by atoms with E-state index in [1.807, 2.05) is 24.3 Å². The summed E-state index contributed by atoms with van der Waals surface area (Å²) >= 11 is 5.87. The minimum Gasteiger partial charge on any atom is -0.344 e. The number of carbonyl (C=O) groups is 2. The lowest BCUT2D eigenvalue weighted by Gasteiger charge is -2.24. The Kier molecular flexibility index (Phi) is 3.66. The van der Waals surface area contributed by atoms with Gasteiger partial charge in [-0.3, -0.25) is 9.59 Å². The Bertz CT molecular complexity index is 525. The standard InChI is InChI=1S/C15H17ClN2O2/c16-12-5-1-10(2-6-12)9-18-8-7-13(19)17-14(15(18)20)11-3-4-11/h1-2,5-6,11,14H,3-4,7-9H2,(H,17,19). The minimum absolute atomic E-state index is 0.0196. The fourth-order valence-corrected chi connectivity index (χ4v) is 2.69. The summed E-state index contributed by atoms with van der Waals surface area (Å²) in [5.41, 5.74) is 1.03. The van der Waals surface area contributed by atoms with Crippen molar-refractivity contribution >= 4 is 23.4 Å². The SMILES string of the molecule is O=C1CCN(Cc2ccc(Cl)cc2)C(=O)C(C2CC2)N1. The average molecular weight is 293 g/mol. The smallest absolute Gasteiger partial charge is 0.245 e. The van der Waals surface area contributed by atoms with Crippen molar-refractivity contribution in [1.29, 1.82) is 0 Å². The molecule has 0 aromatic heterocycles. The molecule has 2 fully saturated rings. The van der Waals surface area contributed by atoms with E-state index in [1.165, 1.54) is 0 Å². The third-order valence-electron chi connectivity index (χ3n) is 3.88. The van der Waals surface area contributed by atoms with Crippen LogP contribution in [0.5, 0.6) is 0 Å². The summed E-state index contributed by atoms with van der Waals surface area (Å²) in [5.74, 6) is 0.361. The highest BCUT2D eigenvalue weighted by atomic mass is 35.5. The van der Waals surface area contributed by atoms with Crippen LogP contribution in [0, 0.1) is 5.92 Å². The molecule has 2 amide bonds. The number of amides is 2. The van der Waals surface area contributed by atoms with E-state index in [9.17, 15) is 9.59 Å². The maximum Gasteiger partial charge on any atom is 0.245 e. The fraction of sp³-hybridized carbons (Fsp3) is 0.467. The molecule has 1 heterocycles. The van der Waals surface area contributed by atoms with Crippen molar-refractivity contribution in [3.8, 4) is 0 Å². The van der Waals surface area contributed by atoms with Gasteiger partial charge >= 0.3 is 0 Å². The highest BCUT2D eigenvalue weighted by Gasteiger charge is 2.40. The quantitative estimate of drug-likeness (QED) is 0.926. The van der Waals surface area contributed by atoms with Gasteiger partial charge in [-0.15, -0.1) is 0 Å². The van der Waals surface area contributed by atoms with Gasteiger partial charge in [0.2, 0.25) is 11.8 Å². The van der Waals surface area contributed by atoms with Crippen molar-refractivity contribution in [2.75, 3.05) is 6.54 Å². The zero-order chi connectivity index (χ0) is 14.1. The second-order valence-electron chi connectivity index (χ2n) is 5.52. The molecule has 1 aromatic rings. The highest BCUT2D eigenvalue weighted by molar-refractivity contribution is 6.30. The number of rotatable bonds is 3. The van der Waals surface area contributed by atoms with Crippen LogP contribution in [0.4, 0.5) is 0 Å². The number of nitrogens with zero attached hydrogens (tertiary/aromatic N) is 1. The summed E-state index contributed by atoms with van der Waals surface area (Å²) in [5, 5.41) is 3.55. The molecule has 3 rings (SSSR count). The zero-order valence-electron chi connectivity index (χ0n) is 11.1. The van der Waals surface area contributed by atoms with Crippen LogP contribution < -0.4 is 5.32 Å². The molecule has 5 heteroatoms. The third-order valence-corrected chi connectivity index (χ3v) is 4.14. The lowest BCUT2D eigenvalue weighted by atomic mass is 10.1. The molecule has 106 valence electrons. The fourth-order valence-electron chi connectivity index (χ4n) is 2.57. The molecule has 0 spiro atoms. The second kappa shape index (κ2) is 5.44. The Balaban J connectivity index is 1.75. The molecule has 2 aliphatic rings. The molecule has 1 saturated heterocycles. The highest BCUT2D eigenvalue weighted by Crippen LogP contribution is 2.34. The molecular formula is C15H17ClN2O2. The summed E-state index contributed by atoms with van der Waals surface area (Å²) in [6.45, 7) is 1.02. The van der Waals surface area contributed by atoms with Crippen molar-refractivity contribution in [2.24, 2.45) is 5.92 Å². The van der Waals surface area contributed by atoms with Crippen LogP contribution in [-0.2, 0) is 16.1 Å². The summed E-state index contributed by atoms with van der Waals surface area (Å²) in [6, 6.07) is 7.16. The molecule has 20 heavy (non-hydrogen) atoms. The first-order chi connectivity index (χ1) is 9.63. The Morgan fingerprint density at radius 1 is 1.20 bits per heavy atom. The molecule has 4 nitrogen and oxygen atoms in total. The summed E-state index contributed by atoms with van der Waals surface area (Å²) in [4.78, 5) is 26.0. The first kappa shape index (κ1) is 13.4. The van der Waals surface area contributed by atoms with Gasteiger partial charge in [0.25, 0.3) is 0 Å². The second-order valence-corrected chi connectivity index (χ2v) is 5.96. The van der Waals surface area contributed by atoms with Gasteiger partial charge in [-0.05, 0) is 36.5 Å². The van der Waals surface area contributed by atoms with Crippen LogP contribution in [0.25, 0.3) is 0 Å². The van der Waals surface area contributed by atoms with Crippen molar-refractivity contribution in [3.05, 3.63) is 34.9 Å². The Morgan fingerprint density at radius 3 is 2.55 bits per heavy atom. The molecular weight excluding hydrogens is 276 g/mol. The zero-order valence-corrected chi connectivity index (χ0v) is 11.9. The van der Waals surface area contributed by atoms with Gasteiger partial charge in [0, 0.05) is 24.5 Å². The van der Waals surface area contributed by atoms with Crippen LogP contribution in [0.1, 0.15) is 24.8 Å². The van der Waals surface area contributed by atoms with Gasteiger partial charge < -0.3 is 10.2 Å². The first-order valence-corrected chi connectivity index (χ1v) is 7.34. The maximum atomic E-state index is 12.5. The predicted molar refractivity (Wildman–Crippen MR) is 76.1 cm³/mol. The number of benzene rings is 1.